The van der Waals surface area contributed by atoms with E-state index >= 15 is 0 Å². The number of aromatic nitrogens is 2. The Morgan fingerprint density at radius 1 is 0.926 bits per heavy atom. The van der Waals surface area contributed by atoms with Crippen LogP contribution >= 0.6 is 0 Å². The van der Waals surface area contributed by atoms with Crippen molar-refractivity contribution in [1.82, 2.24) is 9.97 Å². The zero-order valence-corrected chi connectivity index (χ0v) is 16.1. The number of methoxy groups -OCH3 is 1. The van der Waals surface area contributed by atoms with Crippen LogP contribution in [-0.2, 0) is 4.74 Å². The molecule has 140 valence electrons. The number of hydrogen-bond acceptors (Lipinski definition) is 5. The van der Waals surface area contributed by atoms with Crippen LogP contribution in [0.5, 0.6) is 0 Å². The maximum Gasteiger partial charge on any atom is 0.229 e. The van der Waals surface area contributed by atoms with Gasteiger partial charge in [0, 0.05) is 37.6 Å². The molecule has 1 aromatic heterocycles. The van der Waals surface area contributed by atoms with E-state index in [-0.39, 0.29) is 0 Å². The van der Waals surface area contributed by atoms with Crippen molar-refractivity contribution in [2.24, 2.45) is 0 Å². The van der Waals surface area contributed by atoms with Gasteiger partial charge in [-0.25, -0.2) is 4.98 Å². The van der Waals surface area contributed by atoms with Crippen LogP contribution in [0.25, 0.3) is 11.3 Å². The summed E-state index contributed by atoms with van der Waals surface area (Å²) in [5.74, 6) is 1.39. The van der Waals surface area contributed by atoms with E-state index in [1.54, 1.807) is 7.11 Å². The maximum absolute atomic E-state index is 5.12. The molecule has 0 bridgehead atoms. The Hall–Kier alpha value is -2.92. The summed E-state index contributed by atoms with van der Waals surface area (Å²) >= 11 is 0. The SMILES string of the molecule is COCCCNc1cc(-c2ccccc2)nc(Nc2c(C)cccc2C)n1. The molecular weight excluding hydrogens is 336 g/mol. The lowest BCUT2D eigenvalue weighted by molar-refractivity contribution is 0.198. The molecule has 27 heavy (non-hydrogen) atoms. The Morgan fingerprint density at radius 3 is 2.37 bits per heavy atom. The number of aryl methyl sites for hydroxylation is 2. The van der Waals surface area contributed by atoms with Crippen molar-refractivity contribution in [3.05, 3.63) is 65.7 Å². The second kappa shape index (κ2) is 9.14. The van der Waals surface area contributed by atoms with Crippen LogP contribution in [-0.4, -0.2) is 30.2 Å². The number of para-hydroxylation sites is 1. The van der Waals surface area contributed by atoms with Gasteiger partial charge in [0.25, 0.3) is 0 Å². The third kappa shape index (κ3) is 5.05. The van der Waals surface area contributed by atoms with E-state index in [0.717, 1.165) is 42.3 Å². The van der Waals surface area contributed by atoms with Gasteiger partial charge in [0.1, 0.15) is 5.82 Å². The largest absolute Gasteiger partial charge is 0.385 e. The van der Waals surface area contributed by atoms with Crippen molar-refractivity contribution in [3.8, 4) is 11.3 Å². The molecule has 0 aliphatic carbocycles. The number of hydrogen-bond donors (Lipinski definition) is 2. The van der Waals surface area contributed by atoms with E-state index < -0.39 is 0 Å². The molecule has 5 heteroatoms. The number of nitrogens with one attached hydrogen (secondary N) is 2. The highest BCUT2D eigenvalue weighted by atomic mass is 16.5. The summed E-state index contributed by atoms with van der Waals surface area (Å²) in [4.78, 5) is 9.40. The Labute approximate surface area is 160 Å². The average Bonchev–Trinajstić information content (AvgIpc) is 2.69. The third-order valence-corrected chi connectivity index (χ3v) is 4.34. The first-order valence-electron chi connectivity index (χ1n) is 9.18. The van der Waals surface area contributed by atoms with Crippen molar-refractivity contribution < 1.29 is 4.74 Å². The standard InChI is InChI=1S/C22H26N4O/c1-16-9-7-10-17(2)21(16)26-22-24-19(18-11-5-4-6-12-18)15-20(25-22)23-13-8-14-27-3/h4-7,9-12,15H,8,13-14H2,1-3H3,(H2,23,24,25,26). The molecule has 2 aromatic carbocycles. The van der Waals surface area contributed by atoms with Crippen LogP contribution in [0.4, 0.5) is 17.5 Å². The topological polar surface area (TPSA) is 59.1 Å². The highest BCUT2D eigenvalue weighted by Gasteiger charge is 2.09. The summed E-state index contributed by atoms with van der Waals surface area (Å²) in [6.45, 7) is 5.68. The maximum atomic E-state index is 5.12. The molecule has 3 aromatic rings. The molecule has 3 rings (SSSR count). The van der Waals surface area contributed by atoms with E-state index in [0.29, 0.717) is 5.95 Å². The number of nitrogens with zero attached hydrogens (tertiary/aromatic N) is 2. The van der Waals surface area contributed by atoms with Gasteiger partial charge >= 0.3 is 0 Å². The lowest BCUT2D eigenvalue weighted by Gasteiger charge is -2.14. The van der Waals surface area contributed by atoms with Crippen molar-refractivity contribution in [2.45, 2.75) is 20.3 Å². The molecule has 1 heterocycles. The summed E-state index contributed by atoms with van der Waals surface area (Å²) in [5, 5.41) is 6.78. The Kier molecular flexibility index (Phi) is 6.39. The molecule has 5 nitrogen and oxygen atoms in total. The van der Waals surface area contributed by atoms with E-state index in [9.17, 15) is 0 Å². The minimum absolute atomic E-state index is 0.586. The molecule has 0 amide bonds. The summed E-state index contributed by atoms with van der Waals surface area (Å²) in [5.41, 5.74) is 5.32. The molecule has 2 N–H and O–H groups in total. The fourth-order valence-corrected chi connectivity index (χ4v) is 2.91. The van der Waals surface area contributed by atoms with Crippen LogP contribution in [0, 0.1) is 13.8 Å². The van der Waals surface area contributed by atoms with Gasteiger partial charge in [-0.05, 0) is 31.4 Å². The van der Waals surface area contributed by atoms with Crippen molar-refractivity contribution in [3.63, 3.8) is 0 Å². The average molecular weight is 362 g/mol. The van der Waals surface area contributed by atoms with Gasteiger partial charge in [-0.15, -0.1) is 0 Å². The first-order valence-corrected chi connectivity index (χ1v) is 9.18. The molecule has 0 fully saturated rings. The van der Waals surface area contributed by atoms with Gasteiger partial charge in [-0.2, -0.15) is 4.98 Å². The van der Waals surface area contributed by atoms with Gasteiger partial charge in [0.15, 0.2) is 0 Å². The Bertz CT molecular complexity index is 860. The van der Waals surface area contributed by atoms with E-state index in [1.165, 1.54) is 11.1 Å². The molecule has 0 spiro atoms. The fraction of sp³-hybridized carbons (Fsp3) is 0.273. The first-order chi connectivity index (χ1) is 13.2. The monoisotopic (exact) mass is 362 g/mol. The number of anilines is 3. The summed E-state index contributed by atoms with van der Waals surface area (Å²) in [6.07, 6.45) is 0.917. The number of ether oxygens (including phenoxy) is 1. The molecule has 0 saturated carbocycles. The highest BCUT2D eigenvalue weighted by molar-refractivity contribution is 5.68. The first kappa shape index (κ1) is 18.9. The molecule has 0 aliphatic heterocycles. The van der Waals surface area contributed by atoms with Crippen LogP contribution in [0.3, 0.4) is 0 Å². The molecular formula is C22H26N4O. The Balaban J connectivity index is 1.92. The Morgan fingerprint density at radius 2 is 1.67 bits per heavy atom. The van der Waals surface area contributed by atoms with Gasteiger partial charge < -0.3 is 15.4 Å². The van der Waals surface area contributed by atoms with Crippen LogP contribution in [0.15, 0.2) is 54.6 Å². The van der Waals surface area contributed by atoms with Crippen LogP contribution < -0.4 is 10.6 Å². The molecule has 0 radical (unpaired) electrons. The second-order valence-electron chi connectivity index (χ2n) is 6.49. The minimum atomic E-state index is 0.586. The van der Waals surface area contributed by atoms with Crippen molar-refractivity contribution >= 4 is 17.5 Å². The molecule has 0 atom stereocenters. The summed E-state index contributed by atoms with van der Waals surface area (Å²) in [7, 11) is 1.71. The van der Waals surface area contributed by atoms with Crippen LogP contribution in [0.2, 0.25) is 0 Å². The molecule has 0 unspecified atom stereocenters. The lowest BCUT2D eigenvalue weighted by Crippen LogP contribution is -2.09. The summed E-state index contributed by atoms with van der Waals surface area (Å²) in [6, 6.07) is 18.4. The van der Waals surface area contributed by atoms with Crippen molar-refractivity contribution in [1.29, 1.82) is 0 Å². The number of benzene rings is 2. The lowest BCUT2D eigenvalue weighted by atomic mass is 10.1. The van der Waals surface area contributed by atoms with E-state index in [4.69, 9.17) is 9.72 Å². The van der Waals surface area contributed by atoms with Gasteiger partial charge in [-0.3, -0.25) is 0 Å². The quantitative estimate of drug-likeness (QED) is 0.555. The molecule has 0 aliphatic rings. The fourth-order valence-electron chi connectivity index (χ4n) is 2.91. The third-order valence-electron chi connectivity index (χ3n) is 4.34. The zero-order chi connectivity index (χ0) is 19.1. The normalized spacial score (nSPS) is 10.6. The van der Waals surface area contributed by atoms with Gasteiger partial charge in [-0.1, -0.05) is 48.5 Å². The minimum Gasteiger partial charge on any atom is -0.385 e. The zero-order valence-electron chi connectivity index (χ0n) is 16.1. The molecule has 0 saturated heterocycles. The smallest absolute Gasteiger partial charge is 0.229 e. The van der Waals surface area contributed by atoms with Gasteiger partial charge in [0.05, 0.1) is 5.69 Å². The number of rotatable bonds is 8. The predicted molar refractivity (Wildman–Crippen MR) is 112 cm³/mol. The van der Waals surface area contributed by atoms with Gasteiger partial charge in [0.2, 0.25) is 5.95 Å². The second-order valence-corrected chi connectivity index (χ2v) is 6.49. The van der Waals surface area contributed by atoms with Crippen molar-refractivity contribution in [2.75, 3.05) is 30.9 Å². The van der Waals surface area contributed by atoms with Crippen LogP contribution in [0.1, 0.15) is 17.5 Å². The van der Waals surface area contributed by atoms with E-state index in [2.05, 4.69) is 59.8 Å². The van der Waals surface area contributed by atoms with E-state index in [1.807, 2.05) is 24.3 Å². The summed E-state index contributed by atoms with van der Waals surface area (Å²) < 4.78 is 5.12. The predicted octanol–water partition coefficient (Wildman–Crippen LogP) is 4.95. The highest BCUT2D eigenvalue weighted by Crippen LogP contribution is 2.26.